The number of amides is 2. The quantitative estimate of drug-likeness (QED) is 0.441. The van der Waals surface area contributed by atoms with E-state index in [1.807, 2.05) is 37.3 Å². The molecule has 1 heterocycles. The standard InChI is InChI=1S/C19H21N3O3/c1-2-7-17(15-8-4-3-5-9-15)21-22-19(24)14-20-18(23)12-11-16-10-6-13-25-16/h3-6,8-13H,2,7,14H2,1H3,(H,20,23)(H,22,24). The Morgan fingerprint density at radius 2 is 1.96 bits per heavy atom. The van der Waals surface area contributed by atoms with Crippen molar-refractivity contribution in [1.29, 1.82) is 0 Å². The molecule has 0 saturated heterocycles. The second kappa shape index (κ2) is 9.87. The number of furan rings is 1. The summed E-state index contributed by atoms with van der Waals surface area (Å²) in [5.41, 5.74) is 4.26. The molecular weight excluding hydrogens is 318 g/mol. The lowest BCUT2D eigenvalue weighted by atomic mass is 10.1. The monoisotopic (exact) mass is 339 g/mol. The van der Waals surface area contributed by atoms with Crippen LogP contribution in [0.25, 0.3) is 6.08 Å². The molecule has 6 nitrogen and oxygen atoms in total. The SMILES string of the molecule is CCCC(=NNC(=O)CNC(=O)C=Cc1ccco1)c1ccccc1. The van der Waals surface area contributed by atoms with Gasteiger partial charge in [0.2, 0.25) is 5.91 Å². The van der Waals surface area contributed by atoms with Gasteiger partial charge in [-0.3, -0.25) is 9.59 Å². The van der Waals surface area contributed by atoms with Crippen LogP contribution < -0.4 is 10.7 Å². The van der Waals surface area contributed by atoms with Gasteiger partial charge in [0.15, 0.2) is 0 Å². The van der Waals surface area contributed by atoms with Crippen molar-refractivity contribution < 1.29 is 14.0 Å². The summed E-state index contributed by atoms with van der Waals surface area (Å²) in [4.78, 5) is 23.5. The molecule has 130 valence electrons. The molecule has 1 aromatic heterocycles. The van der Waals surface area contributed by atoms with E-state index < -0.39 is 0 Å². The molecule has 0 aliphatic rings. The Hall–Kier alpha value is -3.15. The molecule has 2 rings (SSSR count). The van der Waals surface area contributed by atoms with Gasteiger partial charge in [0.25, 0.3) is 5.91 Å². The lowest BCUT2D eigenvalue weighted by molar-refractivity contribution is -0.123. The number of benzene rings is 1. The summed E-state index contributed by atoms with van der Waals surface area (Å²) in [7, 11) is 0. The van der Waals surface area contributed by atoms with Gasteiger partial charge in [-0.2, -0.15) is 5.10 Å². The first-order valence-corrected chi connectivity index (χ1v) is 8.09. The minimum atomic E-state index is -0.385. The van der Waals surface area contributed by atoms with Crippen LogP contribution in [-0.4, -0.2) is 24.1 Å². The molecule has 0 fully saturated rings. The number of nitrogens with one attached hydrogen (secondary N) is 2. The van der Waals surface area contributed by atoms with Crippen molar-refractivity contribution in [1.82, 2.24) is 10.7 Å². The van der Waals surface area contributed by atoms with Gasteiger partial charge in [0.05, 0.1) is 18.5 Å². The highest BCUT2D eigenvalue weighted by Gasteiger charge is 2.05. The highest BCUT2D eigenvalue weighted by atomic mass is 16.3. The normalized spacial score (nSPS) is 11.5. The summed E-state index contributed by atoms with van der Waals surface area (Å²) in [6.45, 7) is 1.89. The molecule has 6 heteroatoms. The maximum absolute atomic E-state index is 11.8. The van der Waals surface area contributed by atoms with Gasteiger partial charge in [-0.15, -0.1) is 0 Å². The van der Waals surface area contributed by atoms with E-state index in [-0.39, 0.29) is 18.4 Å². The molecule has 0 atom stereocenters. The molecule has 1 aromatic carbocycles. The molecule has 25 heavy (non-hydrogen) atoms. The number of carbonyl (C=O) groups is 2. The maximum Gasteiger partial charge on any atom is 0.259 e. The number of hydrogen-bond acceptors (Lipinski definition) is 4. The first kappa shape index (κ1) is 18.2. The Kier molecular flexibility index (Phi) is 7.18. The highest BCUT2D eigenvalue weighted by Crippen LogP contribution is 2.06. The van der Waals surface area contributed by atoms with Crippen molar-refractivity contribution in [2.75, 3.05) is 6.54 Å². The molecule has 0 unspecified atom stereocenters. The average Bonchev–Trinajstić information content (AvgIpc) is 3.16. The van der Waals surface area contributed by atoms with E-state index in [2.05, 4.69) is 15.8 Å². The zero-order valence-corrected chi connectivity index (χ0v) is 14.1. The van der Waals surface area contributed by atoms with E-state index in [4.69, 9.17) is 4.42 Å². The van der Waals surface area contributed by atoms with E-state index in [9.17, 15) is 9.59 Å². The molecule has 2 N–H and O–H groups in total. The summed E-state index contributed by atoms with van der Waals surface area (Å²) in [6.07, 6.45) is 6.02. The fraction of sp³-hybridized carbons (Fsp3) is 0.211. The number of hydrazone groups is 1. The number of hydrogen-bond donors (Lipinski definition) is 2. The third kappa shape index (κ3) is 6.47. The van der Waals surface area contributed by atoms with Crippen molar-refractivity contribution in [3.63, 3.8) is 0 Å². The van der Waals surface area contributed by atoms with Crippen LogP contribution in [0.3, 0.4) is 0 Å². The number of nitrogens with zero attached hydrogens (tertiary/aromatic N) is 1. The van der Waals surface area contributed by atoms with Crippen molar-refractivity contribution in [2.24, 2.45) is 5.10 Å². The zero-order chi connectivity index (χ0) is 17.9. The molecule has 0 radical (unpaired) electrons. The molecular formula is C19H21N3O3. The predicted molar refractivity (Wildman–Crippen MR) is 96.8 cm³/mol. The molecule has 0 saturated carbocycles. The van der Waals surface area contributed by atoms with Crippen LogP contribution in [0.15, 0.2) is 64.3 Å². The smallest absolute Gasteiger partial charge is 0.259 e. The highest BCUT2D eigenvalue weighted by molar-refractivity contribution is 6.01. The topological polar surface area (TPSA) is 83.7 Å². The maximum atomic E-state index is 11.8. The van der Waals surface area contributed by atoms with E-state index >= 15 is 0 Å². The van der Waals surface area contributed by atoms with Crippen molar-refractivity contribution in [3.05, 3.63) is 66.1 Å². The Morgan fingerprint density at radius 3 is 2.64 bits per heavy atom. The van der Waals surface area contributed by atoms with E-state index in [1.54, 1.807) is 12.1 Å². The summed E-state index contributed by atoms with van der Waals surface area (Å²) in [5, 5.41) is 6.67. The van der Waals surface area contributed by atoms with Gasteiger partial charge in [-0.1, -0.05) is 43.7 Å². The third-order valence-corrected chi connectivity index (χ3v) is 3.27. The molecule has 0 aliphatic heterocycles. The Balaban J connectivity index is 1.83. The molecule has 0 bridgehead atoms. The molecule has 0 aliphatic carbocycles. The molecule has 2 aromatic rings. The van der Waals surface area contributed by atoms with Gasteiger partial charge in [0, 0.05) is 6.08 Å². The van der Waals surface area contributed by atoms with Crippen LogP contribution in [0.2, 0.25) is 0 Å². The lowest BCUT2D eigenvalue weighted by Gasteiger charge is -2.06. The van der Waals surface area contributed by atoms with E-state index in [1.165, 1.54) is 18.4 Å². The van der Waals surface area contributed by atoms with Crippen LogP contribution in [-0.2, 0) is 9.59 Å². The average molecular weight is 339 g/mol. The Labute approximate surface area is 146 Å². The van der Waals surface area contributed by atoms with E-state index in [0.29, 0.717) is 5.76 Å². The van der Waals surface area contributed by atoms with Crippen LogP contribution in [0.1, 0.15) is 31.1 Å². The van der Waals surface area contributed by atoms with Gasteiger partial charge in [-0.05, 0) is 30.2 Å². The van der Waals surface area contributed by atoms with Gasteiger partial charge in [0.1, 0.15) is 5.76 Å². The van der Waals surface area contributed by atoms with Crippen LogP contribution >= 0.6 is 0 Å². The Bertz CT molecular complexity index is 735. The zero-order valence-electron chi connectivity index (χ0n) is 14.1. The predicted octanol–water partition coefficient (Wildman–Crippen LogP) is 2.73. The molecule has 0 spiro atoms. The minimum Gasteiger partial charge on any atom is -0.465 e. The summed E-state index contributed by atoms with van der Waals surface area (Å²) in [6, 6.07) is 13.1. The Morgan fingerprint density at radius 1 is 1.16 bits per heavy atom. The fourth-order valence-corrected chi connectivity index (χ4v) is 2.07. The summed E-state index contributed by atoms with van der Waals surface area (Å²) >= 11 is 0. The lowest BCUT2D eigenvalue weighted by Crippen LogP contribution is -2.34. The summed E-state index contributed by atoms with van der Waals surface area (Å²) in [5.74, 6) is -0.201. The first-order chi connectivity index (χ1) is 12.2. The fourth-order valence-electron chi connectivity index (χ4n) is 2.07. The second-order valence-electron chi connectivity index (χ2n) is 5.28. The second-order valence-corrected chi connectivity index (χ2v) is 5.28. The van der Waals surface area contributed by atoms with Crippen molar-refractivity contribution >= 4 is 23.6 Å². The first-order valence-electron chi connectivity index (χ1n) is 8.09. The van der Waals surface area contributed by atoms with E-state index in [0.717, 1.165) is 24.1 Å². The van der Waals surface area contributed by atoms with Crippen LogP contribution in [0, 0.1) is 0 Å². The minimum absolute atomic E-state index is 0.154. The largest absolute Gasteiger partial charge is 0.465 e. The van der Waals surface area contributed by atoms with Crippen LogP contribution in [0.5, 0.6) is 0 Å². The van der Waals surface area contributed by atoms with Gasteiger partial charge in [-0.25, -0.2) is 5.43 Å². The van der Waals surface area contributed by atoms with Gasteiger partial charge >= 0.3 is 0 Å². The van der Waals surface area contributed by atoms with Crippen molar-refractivity contribution in [2.45, 2.75) is 19.8 Å². The van der Waals surface area contributed by atoms with Gasteiger partial charge < -0.3 is 9.73 Å². The van der Waals surface area contributed by atoms with Crippen molar-refractivity contribution in [3.8, 4) is 0 Å². The third-order valence-electron chi connectivity index (χ3n) is 3.27. The van der Waals surface area contributed by atoms with Crippen LogP contribution in [0.4, 0.5) is 0 Å². The summed E-state index contributed by atoms with van der Waals surface area (Å²) < 4.78 is 5.08. The molecule has 2 amide bonds. The number of carbonyl (C=O) groups excluding carboxylic acids is 2. The number of rotatable bonds is 8.